The van der Waals surface area contributed by atoms with Gasteiger partial charge in [0.05, 0.1) is 18.6 Å². The lowest BCUT2D eigenvalue weighted by Crippen LogP contribution is -2.70. The lowest BCUT2D eigenvalue weighted by Gasteiger charge is -2.62. The molecule has 0 bridgehead atoms. The number of ketones is 2. The molecule has 0 aromatic heterocycles. The molecule has 45 heavy (non-hydrogen) atoms. The maximum absolute atomic E-state index is 17.6. The van der Waals surface area contributed by atoms with Crippen molar-refractivity contribution < 1.29 is 48.0 Å². The van der Waals surface area contributed by atoms with Gasteiger partial charge in [-0.05, 0) is 75.7 Å². The summed E-state index contributed by atoms with van der Waals surface area (Å²) in [5.41, 5.74) is -4.41. The van der Waals surface area contributed by atoms with Crippen molar-refractivity contribution in [1.29, 1.82) is 0 Å². The van der Waals surface area contributed by atoms with Crippen LogP contribution in [0.25, 0.3) is 0 Å². The van der Waals surface area contributed by atoms with Gasteiger partial charge in [0, 0.05) is 16.7 Å². The molecular formula is C33H38FNO10. The second-order valence-corrected chi connectivity index (χ2v) is 13.9. The number of hydrogen-bond donors (Lipinski definition) is 1. The molecule has 1 aliphatic heterocycles. The average molecular weight is 628 g/mol. The average Bonchev–Trinajstić information content (AvgIpc) is 3.38. The lowest BCUT2D eigenvalue weighted by atomic mass is 9.44. The van der Waals surface area contributed by atoms with Crippen molar-refractivity contribution in [3.05, 3.63) is 69.3 Å². The van der Waals surface area contributed by atoms with Crippen molar-refractivity contribution in [2.45, 2.75) is 95.7 Å². The van der Waals surface area contributed by atoms with Gasteiger partial charge in [0.1, 0.15) is 6.61 Å². The first-order chi connectivity index (χ1) is 21.1. The molecule has 242 valence electrons. The Balaban J connectivity index is 1.26. The molecule has 0 radical (unpaired) electrons. The standard InChI is InChI=1S/C33H38FNO10/c1-29(2)44-27-15-24-23-10-9-21-14-22(36)11-12-30(21,3)32(23,34)25(37)16-31(24,4)33(27,45-29)26(38)18-42-28(39)13-19-7-5-6-8-20(19)17-43-35(40)41/h5-8,11-12,14,23-25,27,37H,9-10,13,15-18H2,1-4H3/t23?,24?,25-,27+,30-,31-,32-,33+/m0/s1. The molecule has 12 heteroatoms. The number of carbonyl (C=O) groups excluding carboxylic acids is 3. The van der Waals surface area contributed by atoms with Crippen molar-refractivity contribution in [2.75, 3.05) is 6.61 Å². The Kier molecular flexibility index (Phi) is 7.37. The molecule has 1 saturated heterocycles. The Labute approximate surface area is 259 Å². The Hall–Kier alpha value is -3.48. The van der Waals surface area contributed by atoms with Gasteiger partial charge in [0.15, 0.2) is 29.4 Å². The van der Waals surface area contributed by atoms with E-state index >= 15 is 4.39 Å². The van der Waals surface area contributed by atoms with E-state index in [9.17, 15) is 29.6 Å². The molecule has 1 aromatic rings. The van der Waals surface area contributed by atoms with Gasteiger partial charge >= 0.3 is 5.97 Å². The van der Waals surface area contributed by atoms with Crippen molar-refractivity contribution in [2.24, 2.45) is 22.7 Å². The smallest absolute Gasteiger partial charge is 0.310 e. The van der Waals surface area contributed by atoms with Crippen LogP contribution in [-0.2, 0) is 46.5 Å². The molecule has 5 aliphatic rings. The van der Waals surface area contributed by atoms with Crippen LogP contribution in [0.15, 0.2) is 48.1 Å². The number of benzene rings is 1. The van der Waals surface area contributed by atoms with Crippen LogP contribution in [0, 0.1) is 32.8 Å². The summed E-state index contributed by atoms with van der Waals surface area (Å²) in [5.74, 6) is -3.70. The number of allylic oxidation sites excluding steroid dienone is 4. The maximum atomic E-state index is 17.6. The fourth-order valence-corrected chi connectivity index (χ4v) is 9.26. The topological polar surface area (TPSA) is 152 Å². The lowest BCUT2D eigenvalue weighted by molar-refractivity contribution is -0.763. The summed E-state index contributed by atoms with van der Waals surface area (Å²) >= 11 is 0. The van der Waals surface area contributed by atoms with Gasteiger partial charge in [0.2, 0.25) is 5.78 Å². The molecule has 11 nitrogen and oxygen atoms in total. The first-order valence-electron chi connectivity index (χ1n) is 15.3. The number of esters is 1. The third-order valence-electron chi connectivity index (χ3n) is 11.2. The zero-order valence-electron chi connectivity index (χ0n) is 25.7. The summed E-state index contributed by atoms with van der Waals surface area (Å²) in [5, 5.41) is 21.4. The van der Waals surface area contributed by atoms with Gasteiger partial charge in [-0.1, -0.05) is 42.8 Å². The van der Waals surface area contributed by atoms with E-state index in [1.165, 1.54) is 12.2 Å². The van der Waals surface area contributed by atoms with E-state index in [0.29, 0.717) is 36.0 Å². The molecule has 6 rings (SSSR count). The molecule has 3 saturated carbocycles. The molecule has 8 atom stereocenters. The number of alkyl halides is 1. The van der Waals surface area contributed by atoms with Crippen LogP contribution in [-0.4, -0.2) is 63.6 Å². The van der Waals surface area contributed by atoms with E-state index in [4.69, 9.17) is 14.2 Å². The van der Waals surface area contributed by atoms with E-state index in [2.05, 4.69) is 4.84 Å². The molecule has 0 spiro atoms. The van der Waals surface area contributed by atoms with Crippen LogP contribution < -0.4 is 0 Å². The van der Waals surface area contributed by atoms with E-state index in [-0.39, 0.29) is 25.2 Å². The number of nitrogens with zero attached hydrogens (tertiary/aromatic N) is 1. The monoisotopic (exact) mass is 627 g/mol. The number of aliphatic hydroxyl groups is 1. The number of ether oxygens (including phenoxy) is 3. The zero-order chi connectivity index (χ0) is 32.6. The van der Waals surface area contributed by atoms with Crippen molar-refractivity contribution in [1.82, 2.24) is 0 Å². The molecular weight excluding hydrogens is 589 g/mol. The predicted molar refractivity (Wildman–Crippen MR) is 154 cm³/mol. The quantitative estimate of drug-likeness (QED) is 0.255. The normalized spacial score (nSPS) is 39.2. The van der Waals surface area contributed by atoms with Crippen LogP contribution in [0.5, 0.6) is 0 Å². The molecule has 0 amide bonds. The van der Waals surface area contributed by atoms with Crippen molar-refractivity contribution in [3.63, 3.8) is 0 Å². The Morgan fingerprint density at radius 1 is 1.16 bits per heavy atom. The third kappa shape index (κ3) is 4.58. The molecule has 1 heterocycles. The highest BCUT2D eigenvalue weighted by atomic mass is 19.1. The molecule has 4 aliphatic carbocycles. The second-order valence-electron chi connectivity index (χ2n) is 13.9. The van der Waals surface area contributed by atoms with Crippen LogP contribution in [0.3, 0.4) is 0 Å². The van der Waals surface area contributed by atoms with Crippen LogP contribution in [0.4, 0.5) is 4.39 Å². The van der Waals surface area contributed by atoms with Crippen LogP contribution >= 0.6 is 0 Å². The number of Topliss-reactive ketones (excluding diaryl/α,β-unsaturated/α-hetero) is 1. The highest BCUT2D eigenvalue weighted by Crippen LogP contribution is 2.72. The first-order valence-corrected chi connectivity index (χ1v) is 15.3. The summed E-state index contributed by atoms with van der Waals surface area (Å²) in [6, 6.07) is 6.54. The number of hydrogen-bond acceptors (Lipinski definition) is 10. The second kappa shape index (κ2) is 10.5. The fraction of sp³-hybridized carbons (Fsp3) is 0.606. The Morgan fingerprint density at radius 2 is 1.87 bits per heavy atom. The molecule has 1 N–H and O–H groups in total. The Bertz CT molecular complexity index is 1520. The minimum atomic E-state index is -2.09. The summed E-state index contributed by atoms with van der Waals surface area (Å²) in [6.45, 7) is 5.97. The SMILES string of the molecule is CC1(C)O[C@@H]2CC3C4CCC5=CC(=O)C=C[C@]5(C)[C@@]4(F)[C@@H](O)C[C@]3(C)[C@]2(C(=O)COC(=O)Cc2ccccc2CO[N+](=O)[O-])O1. The van der Waals surface area contributed by atoms with Gasteiger partial charge in [0.25, 0.3) is 5.09 Å². The van der Waals surface area contributed by atoms with E-state index < -0.39 is 75.4 Å². The number of carbonyl (C=O) groups is 3. The summed E-state index contributed by atoms with van der Waals surface area (Å²) < 4.78 is 35.8. The van der Waals surface area contributed by atoms with Gasteiger partial charge in [-0.3, -0.25) is 14.4 Å². The highest BCUT2D eigenvalue weighted by molar-refractivity contribution is 6.01. The van der Waals surface area contributed by atoms with E-state index in [0.717, 1.165) is 0 Å². The highest BCUT2D eigenvalue weighted by Gasteiger charge is 2.80. The van der Waals surface area contributed by atoms with Crippen LogP contribution in [0.1, 0.15) is 64.5 Å². The van der Waals surface area contributed by atoms with Crippen LogP contribution in [0.2, 0.25) is 0 Å². The number of halogens is 1. The Morgan fingerprint density at radius 3 is 2.58 bits per heavy atom. The minimum Gasteiger partial charge on any atom is -0.457 e. The van der Waals surface area contributed by atoms with Crippen molar-refractivity contribution >= 4 is 17.5 Å². The largest absolute Gasteiger partial charge is 0.457 e. The summed E-state index contributed by atoms with van der Waals surface area (Å²) in [6.07, 6.45) is 2.98. The van der Waals surface area contributed by atoms with E-state index in [1.54, 1.807) is 51.1 Å². The number of rotatable bonds is 8. The zero-order valence-corrected chi connectivity index (χ0v) is 25.7. The maximum Gasteiger partial charge on any atom is 0.310 e. The van der Waals surface area contributed by atoms with E-state index in [1.807, 2.05) is 6.92 Å². The fourth-order valence-electron chi connectivity index (χ4n) is 9.26. The third-order valence-corrected chi connectivity index (χ3v) is 11.2. The van der Waals surface area contributed by atoms with Gasteiger partial charge in [-0.15, -0.1) is 10.1 Å². The van der Waals surface area contributed by atoms with Gasteiger partial charge in [-0.2, -0.15) is 0 Å². The number of fused-ring (bicyclic) bond motifs is 7. The molecule has 4 fully saturated rings. The first kappa shape index (κ1) is 31.5. The molecule has 1 aromatic carbocycles. The minimum absolute atomic E-state index is 0.102. The molecule has 2 unspecified atom stereocenters. The summed E-state index contributed by atoms with van der Waals surface area (Å²) in [4.78, 5) is 54.4. The predicted octanol–water partition coefficient (Wildman–Crippen LogP) is 3.92. The summed E-state index contributed by atoms with van der Waals surface area (Å²) in [7, 11) is 0. The van der Waals surface area contributed by atoms with Gasteiger partial charge < -0.3 is 24.2 Å². The number of aliphatic hydroxyl groups excluding tert-OH is 1. The van der Waals surface area contributed by atoms with Gasteiger partial charge in [-0.25, -0.2) is 4.39 Å². The van der Waals surface area contributed by atoms with Crippen molar-refractivity contribution in [3.8, 4) is 0 Å².